The molecule has 0 atom stereocenters. The van der Waals surface area contributed by atoms with Gasteiger partial charge in [0.25, 0.3) is 0 Å². The minimum absolute atomic E-state index is 0.422. The van der Waals surface area contributed by atoms with E-state index in [9.17, 15) is 0 Å². The minimum atomic E-state index is 0.422. The lowest BCUT2D eigenvalue weighted by molar-refractivity contribution is 0.306. The Bertz CT molecular complexity index is 802. The lowest BCUT2D eigenvalue weighted by Crippen LogP contribution is -1.97. The van der Waals surface area contributed by atoms with Gasteiger partial charge in [0.05, 0.1) is 5.02 Å². The number of halogens is 3. The lowest BCUT2D eigenvalue weighted by atomic mass is 10.1. The molecule has 4 heteroatoms. The van der Waals surface area contributed by atoms with Crippen LogP contribution in [0, 0.1) is 0 Å². The fraction of sp³-hybridized carbons (Fsp3) is 0.0588. The van der Waals surface area contributed by atoms with Crippen LogP contribution >= 0.6 is 39.1 Å². The zero-order valence-corrected chi connectivity index (χ0v) is 14.0. The summed E-state index contributed by atoms with van der Waals surface area (Å²) >= 11 is 15.7. The Morgan fingerprint density at radius 1 is 0.952 bits per heavy atom. The summed E-state index contributed by atoms with van der Waals surface area (Å²) in [4.78, 5) is 0. The zero-order chi connectivity index (χ0) is 14.8. The maximum Gasteiger partial charge on any atom is 0.139 e. The van der Waals surface area contributed by atoms with Crippen molar-refractivity contribution in [3.05, 3.63) is 74.7 Å². The SMILES string of the molecule is Clc1ccc(Cl)c(OCc2ccc3ccccc3c2Br)c1. The fourth-order valence-corrected chi connectivity index (χ4v) is 3.08. The predicted octanol–water partition coefficient (Wildman–Crippen LogP) is 6.49. The van der Waals surface area contributed by atoms with Crippen LogP contribution in [0.25, 0.3) is 10.8 Å². The average molecular weight is 382 g/mol. The van der Waals surface area contributed by atoms with Gasteiger partial charge in [-0.3, -0.25) is 0 Å². The second-order valence-electron chi connectivity index (χ2n) is 4.62. The zero-order valence-electron chi connectivity index (χ0n) is 10.9. The summed E-state index contributed by atoms with van der Waals surface area (Å²) in [6.07, 6.45) is 0. The summed E-state index contributed by atoms with van der Waals surface area (Å²) < 4.78 is 6.83. The highest BCUT2D eigenvalue weighted by Crippen LogP contribution is 2.31. The first-order valence-corrected chi connectivity index (χ1v) is 7.94. The maximum atomic E-state index is 6.10. The van der Waals surface area contributed by atoms with Crippen molar-refractivity contribution in [2.24, 2.45) is 0 Å². The van der Waals surface area contributed by atoms with Crippen molar-refractivity contribution in [3.8, 4) is 5.75 Å². The molecule has 0 radical (unpaired) electrons. The van der Waals surface area contributed by atoms with E-state index in [2.05, 4.69) is 34.1 Å². The summed E-state index contributed by atoms with van der Waals surface area (Å²) in [6.45, 7) is 0.422. The maximum absolute atomic E-state index is 6.10. The quantitative estimate of drug-likeness (QED) is 0.503. The van der Waals surface area contributed by atoms with Crippen LogP contribution in [0.15, 0.2) is 59.1 Å². The normalized spacial score (nSPS) is 10.8. The summed E-state index contributed by atoms with van der Waals surface area (Å²) in [5.41, 5.74) is 1.06. The van der Waals surface area contributed by atoms with Gasteiger partial charge in [-0.15, -0.1) is 0 Å². The first-order chi connectivity index (χ1) is 10.1. The van der Waals surface area contributed by atoms with Crippen LogP contribution in [-0.2, 0) is 6.61 Å². The van der Waals surface area contributed by atoms with Crippen LogP contribution in [0.3, 0.4) is 0 Å². The van der Waals surface area contributed by atoms with Crippen LogP contribution in [0.2, 0.25) is 10.0 Å². The van der Waals surface area contributed by atoms with E-state index in [-0.39, 0.29) is 0 Å². The average Bonchev–Trinajstić information content (AvgIpc) is 2.50. The van der Waals surface area contributed by atoms with Gasteiger partial charge >= 0.3 is 0 Å². The molecule has 0 N–H and O–H groups in total. The van der Waals surface area contributed by atoms with Crippen molar-refractivity contribution in [2.75, 3.05) is 0 Å². The van der Waals surface area contributed by atoms with Gasteiger partial charge in [0.15, 0.2) is 0 Å². The molecular weight excluding hydrogens is 371 g/mol. The molecule has 0 aromatic heterocycles. The van der Waals surface area contributed by atoms with Crippen LogP contribution in [0.4, 0.5) is 0 Å². The van der Waals surface area contributed by atoms with Gasteiger partial charge in [-0.05, 0) is 38.8 Å². The van der Waals surface area contributed by atoms with Gasteiger partial charge in [-0.25, -0.2) is 0 Å². The molecule has 0 saturated carbocycles. The highest BCUT2D eigenvalue weighted by Gasteiger charge is 2.07. The Kier molecular flexibility index (Phi) is 4.39. The van der Waals surface area contributed by atoms with E-state index < -0.39 is 0 Å². The van der Waals surface area contributed by atoms with Crippen molar-refractivity contribution in [1.29, 1.82) is 0 Å². The number of rotatable bonds is 3. The van der Waals surface area contributed by atoms with Crippen molar-refractivity contribution >= 4 is 49.9 Å². The monoisotopic (exact) mass is 380 g/mol. The Hall–Kier alpha value is -1.22. The van der Waals surface area contributed by atoms with Gasteiger partial charge in [0.2, 0.25) is 0 Å². The summed E-state index contributed by atoms with van der Waals surface area (Å²) in [6, 6.07) is 17.5. The van der Waals surface area contributed by atoms with Crippen LogP contribution in [0.5, 0.6) is 5.75 Å². The molecule has 0 aliphatic carbocycles. The lowest BCUT2D eigenvalue weighted by Gasteiger charge is -2.11. The molecule has 1 nitrogen and oxygen atoms in total. The van der Waals surface area contributed by atoms with E-state index in [1.807, 2.05) is 18.2 Å². The van der Waals surface area contributed by atoms with E-state index in [0.717, 1.165) is 15.4 Å². The number of hydrogen-bond acceptors (Lipinski definition) is 1. The molecular formula is C17H11BrCl2O. The Balaban J connectivity index is 1.88. The largest absolute Gasteiger partial charge is 0.487 e. The van der Waals surface area contributed by atoms with Gasteiger partial charge in [0.1, 0.15) is 12.4 Å². The Morgan fingerprint density at radius 3 is 2.62 bits per heavy atom. The molecule has 21 heavy (non-hydrogen) atoms. The molecule has 0 amide bonds. The van der Waals surface area contributed by atoms with Gasteiger partial charge in [0, 0.05) is 21.1 Å². The third-order valence-corrected chi connectivity index (χ3v) is 4.70. The van der Waals surface area contributed by atoms with E-state index in [1.165, 1.54) is 5.39 Å². The molecule has 0 aliphatic heterocycles. The first kappa shape index (κ1) is 14.7. The van der Waals surface area contributed by atoms with Crippen LogP contribution in [0.1, 0.15) is 5.56 Å². The van der Waals surface area contributed by atoms with Crippen LogP contribution in [-0.4, -0.2) is 0 Å². The molecule has 106 valence electrons. The Morgan fingerprint density at radius 2 is 1.76 bits per heavy atom. The molecule has 3 aromatic rings. The molecule has 0 aliphatic rings. The van der Waals surface area contributed by atoms with Gasteiger partial charge in [-0.2, -0.15) is 0 Å². The summed E-state index contributed by atoms with van der Waals surface area (Å²) in [5, 5.41) is 3.51. The highest BCUT2D eigenvalue weighted by atomic mass is 79.9. The van der Waals surface area contributed by atoms with E-state index in [4.69, 9.17) is 27.9 Å². The predicted molar refractivity (Wildman–Crippen MR) is 92.4 cm³/mol. The Labute approximate surface area is 141 Å². The molecule has 3 aromatic carbocycles. The van der Waals surface area contributed by atoms with Gasteiger partial charge < -0.3 is 4.74 Å². The molecule has 0 fully saturated rings. The first-order valence-electron chi connectivity index (χ1n) is 6.39. The molecule has 0 heterocycles. The smallest absolute Gasteiger partial charge is 0.139 e. The van der Waals surface area contributed by atoms with Gasteiger partial charge in [-0.1, -0.05) is 59.6 Å². The fourth-order valence-electron chi connectivity index (χ4n) is 2.13. The summed E-state index contributed by atoms with van der Waals surface area (Å²) in [7, 11) is 0. The highest BCUT2D eigenvalue weighted by molar-refractivity contribution is 9.10. The van der Waals surface area contributed by atoms with Crippen LogP contribution < -0.4 is 4.74 Å². The second-order valence-corrected chi connectivity index (χ2v) is 6.26. The second kappa shape index (κ2) is 6.27. The molecule has 0 saturated heterocycles. The van der Waals surface area contributed by atoms with Crippen molar-refractivity contribution in [3.63, 3.8) is 0 Å². The van der Waals surface area contributed by atoms with E-state index >= 15 is 0 Å². The third kappa shape index (κ3) is 3.18. The number of benzene rings is 3. The molecule has 0 spiro atoms. The van der Waals surface area contributed by atoms with E-state index in [1.54, 1.807) is 18.2 Å². The standard InChI is InChI=1S/C17H11BrCl2O/c18-17-12(6-5-11-3-1-2-4-14(11)17)10-21-16-9-13(19)7-8-15(16)20/h1-9H,10H2. The van der Waals surface area contributed by atoms with Crippen molar-refractivity contribution < 1.29 is 4.74 Å². The third-order valence-electron chi connectivity index (χ3n) is 3.22. The number of fused-ring (bicyclic) bond motifs is 1. The van der Waals surface area contributed by atoms with E-state index in [0.29, 0.717) is 22.4 Å². The minimum Gasteiger partial charge on any atom is -0.487 e. The number of hydrogen-bond donors (Lipinski definition) is 0. The molecule has 3 rings (SSSR count). The summed E-state index contributed by atoms with van der Waals surface area (Å²) in [5.74, 6) is 0.587. The van der Waals surface area contributed by atoms with Crippen molar-refractivity contribution in [2.45, 2.75) is 6.61 Å². The molecule has 0 unspecified atom stereocenters. The number of ether oxygens (including phenoxy) is 1. The van der Waals surface area contributed by atoms with Crippen molar-refractivity contribution in [1.82, 2.24) is 0 Å². The molecule has 0 bridgehead atoms. The topological polar surface area (TPSA) is 9.23 Å².